The Morgan fingerprint density at radius 3 is 2.94 bits per heavy atom. The molecule has 92 valence electrons. The molecule has 0 saturated carbocycles. The summed E-state index contributed by atoms with van der Waals surface area (Å²) >= 11 is 0. The van der Waals surface area contributed by atoms with E-state index in [1.807, 2.05) is 24.3 Å². The quantitative estimate of drug-likeness (QED) is 0.459. The maximum absolute atomic E-state index is 10.7. The van der Waals surface area contributed by atoms with Crippen LogP contribution in [0, 0.1) is 0 Å². The van der Waals surface area contributed by atoms with E-state index in [2.05, 4.69) is 19.9 Å². The van der Waals surface area contributed by atoms with Crippen molar-refractivity contribution in [1.29, 1.82) is 0 Å². The molecule has 2 aromatic rings. The van der Waals surface area contributed by atoms with Gasteiger partial charge in [0.2, 0.25) is 6.61 Å². The number of fused-ring (bicyclic) bond motifs is 1. The van der Waals surface area contributed by atoms with Crippen molar-refractivity contribution in [2.24, 2.45) is 5.16 Å². The van der Waals surface area contributed by atoms with Gasteiger partial charge in [-0.15, -0.1) is 0 Å². The molecule has 1 aromatic carbocycles. The first-order chi connectivity index (χ1) is 8.79. The van der Waals surface area contributed by atoms with E-state index in [0.717, 1.165) is 11.0 Å². The SMILES string of the molecule is COC(=O)CON=Cc1cnc2ccccc2n1. The second kappa shape index (κ2) is 5.72. The summed E-state index contributed by atoms with van der Waals surface area (Å²) in [4.78, 5) is 24.0. The fourth-order valence-electron chi connectivity index (χ4n) is 1.27. The normalized spacial score (nSPS) is 10.7. The predicted molar refractivity (Wildman–Crippen MR) is 65.1 cm³/mol. The van der Waals surface area contributed by atoms with Crippen LogP contribution in [0.2, 0.25) is 0 Å². The van der Waals surface area contributed by atoms with Gasteiger partial charge in [-0.1, -0.05) is 17.3 Å². The number of methoxy groups -OCH3 is 1. The average Bonchev–Trinajstić information content (AvgIpc) is 2.43. The summed E-state index contributed by atoms with van der Waals surface area (Å²) in [6, 6.07) is 7.50. The van der Waals surface area contributed by atoms with Crippen molar-refractivity contribution >= 4 is 23.2 Å². The fraction of sp³-hybridized carbons (Fsp3) is 0.167. The van der Waals surface area contributed by atoms with Crippen LogP contribution in [-0.2, 0) is 14.4 Å². The minimum absolute atomic E-state index is 0.228. The Morgan fingerprint density at radius 1 is 1.39 bits per heavy atom. The fourth-order valence-corrected chi connectivity index (χ4v) is 1.27. The first kappa shape index (κ1) is 12.0. The van der Waals surface area contributed by atoms with E-state index in [0.29, 0.717) is 5.69 Å². The number of aromatic nitrogens is 2. The van der Waals surface area contributed by atoms with E-state index >= 15 is 0 Å². The molecule has 18 heavy (non-hydrogen) atoms. The maximum atomic E-state index is 10.7. The first-order valence-electron chi connectivity index (χ1n) is 5.23. The standard InChI is InChI=1S/C12H11N3O3/c1-17-12(16)8-18-14-7-9-6-13-10-4-2-3-5-11(10)15-9/h2-7H,8H2,1H3. The Kier molecular flexibility index (Phi) is 3.80. The third-order valence-corrected chi connectivity index (χ3v) is 2.14. The van der Waals surface area contributed by atoms with Crippen LogP contribution in [0.15, 0.2) is 35.6 Å². The molecule has 0 fully saturated rings. The number of benzene rings is 1. The third-order valence-electron chi connectivity index (χ3n) is 2.14. The van der Waals surface area contributed by atoms with Crippen molar-refractivity contribution in [1.82, 2.24) is 9.97 Å². The van der Waals surface area contributed by atoms with Crippen LogP contribution >= 0.6 is 0 Å². The monoisotopic (exact) mass is 245 g/mol. The van der Waals surface area contributed by atoms with Crippen molar-refractivity contribution < 1.29 is 14.4 Å². The zero-order valence-corrected chi connectivity index (χ0v) is 9.74. The lowest BCUT2D eigenvalue weighted by Gasteiger charge is -1.98. The van der Waals surface area contributed by atoms with Crippen molar-refractivity contribution in [3.8, 4) is 0 Å². The molecule has 0 atom stereocenters. The molecule has 0 saturated heterocycles. The summed E-state index contributed by atoms with van der Waals surface area (Å²) in [5.41, 5.74) is 2.14. The van der Waals surface area contributed by atoms with E-state index in [-0.39, 0.29) is 6.61 Å². The van der Waals surface area contributed by atoms with Gasteiger partial charge in [-0.05, 0) is 12.1 Å². The van der Waals surface area contributed by atoms with E-state index in [1.165, 1.54) is 13.3 Å². The molecule has 1 aromatic heterocycles. The molecule has 0 aliphatic heterocycles. The van der Waals surface area contributed by atoms with Crippen LogP contribution in [0.3, 0.4) is 0 Å². The lowest BCUT2D eigenvalue weighted by Crippen LogP contribution is -2.07. The summed E-state index contributed by atoms with van der Waals surface area (Å²) in [5, 5.41) is 3.61. The topological polar surface area (TPSA) is 73.7 Å². The average molecular weight is 245 g/mol. The molecular formula is C12H11N3O3. The van der Waals surface area contributed by atoms with Crippen LogP contribution in [0.1, 0.15) is 5.69 Å². The van der Waals surface area contributed by atoms with Gasteiger partial charge < -0.3 is 9.57 Å². The van der Waals surface area contributed by atoms with E-state index in [1.54, 1.807) is 6.20 Å². The summed E-state index contributed by atoms with van der Waals surface area (Å²) in [7, 11) is 1.28. The summed E-state index contributed by atoms with van der Waals surface area (Å²) < 4.78 is 4.39. The van der Waals surface area contributed by atoms with Crippen molar-refractivity contribution in [2.75, 3.05) is 13.7 Å². The highest BCUT2D eigenvalue weighted by atomic mass is 16.6. The Morgan fingerprint density at radius 2 is 2.17 bits per heavy atom. The number of ether oxygens (including phenoxy) is 1. The molecule has 1 heterocycles. The smallest absolute Gasteiger partial charge is 0.346 e. The number of esters is 1. The van der Waals surface area contributed by atoms with Crippen LogP contribution in [0.5, 0.6) is 0 Å². The van der Waals surface area contributed by atoms with E-state index < -0.39 is 5.97 Å². The Hall–Kier alpha value is -2.50. The van der Waals surface area contributed by atoms with Gasteiger partial charge in [0.15, 0.2) is 0 Å². The van der Waals surface area contributed by atoms with Crippen molar-refractivity contribution in [2.45, 2.75) is 0 Å². The summed E-state index contributed by atoms with van der Waals surface area (Å²) in [6.07, 6.45) is 2.97. The Bertz CT molecular complexity index is 584. The number of hydrogen-bond acceptors (Lipinski definition) is 6. The minimum Gasteiger partial charge on any atom is -0.466 e. The highest BCUT2D eigenvalue weighted by Gasteiger charge is 1.99. The maximum Gasteiger partial charge on any atom is 0.346 e. The van der Waals surface area contributed by atoms with Gasteiger partial charge in [0, 0.05) is 0 Å². The molecule has 0 unspecified atom stereocenters. The summed E-state index contributed by atoms with van der Waals surface area (Å²) in [6.45, 7) is -0.228. The van der Waals surface area contributed by atoms with E-state index in [9.17, 15) is 4.79 Å². The van der Waals surface area contributed by atoms with Gasteiger partial charge in [0.25, 0.3) is 0 Å². The molecule has 0 aliphatic rings. The van der Waals surface area contributed by atoms with Crippen molar-refractivity contribution in [3.05, 3.63) is 36.2 Å². The number of nitrogens with zero attached hydrogens (tertiary/aromatic N) is 3. The van der Waals surface area contributed by atoms with Crippen LogP contribution < -0.4 is 0 Å². The lowest BCUT2D eigenvalue weighted by atomic mass is 10.3. The number of oxime groups is 1. The molecule has 0 aliphatic carbocycles. The van der Waals surface area contributed by atoms with Gasteiger partial charge in [-0.25, -0.2) is 9.78 Å². The second-order valence-corrected chi connectivity index (χ2v) is 3.37. The van der Waals surface area contributed by atoms with Crippen LogP contribution in [0.25, 0.3) is 11.0 Å². The zero-order chi connectivity index (χ0) is 12.8. The molecule has 0 bridgehead atoms. The third kappa shape index (κ3) is 3.00. The second-order valence-electron chi connectivity index (χ2n) is 3.37. The van der Waals surface area contributed by atoms with Crippen molar-refractivity contribution in [3.63, 3.8) is 0 Å². The minimum atomic E-state index is -0.489. The van der Waals surface area contributed by atoms with E-state index in [4.69, 9.17) is 4.84 Å². The van der Waals surface area contributed by atoms with Gasteiger partial charge >= 0.3 is 5.97 Å². The molecular weight excluding hydrogens is 234 g/mol. The van der Waals surface area contributed by atoms with Gasteiger partial charge in [-0.3, -0.25) is 4.98 Å². The predicted octanol–water partition coefficient (Wildman–Crippen LogP) is 1.15. The van der Waals surface area contributed by atoms with Gasteiger partial charge in [0.1, 0.15) is 5.69 Å². The molecule has 6 nitrogen and oxygen atoms in total. The number of rotatable bonds is 4. The van der Waals surface area contributed by atoms with Crippen LogP contribution in [0.4, 0.5) is 0 Å². The number of carbonyl (C=O) groups excluding carboxylic acids is 1. The van der Waals surface area contributed by atoms with Crippen LogP contribution in [-0.4, -0.2) is 35.9 Å². The first-order valence-corrected chi connectivity index (χ1v) is 5.23. The van der Waals surface area contributed by atoms with Gasteiger partial charge in [0.05, 0.1) is 30.6 Å². The molecule has 0 N–H and O–H groups in total. The highest BCUT2D eigenvalue weighted by Crippen LogP contribution is 2.07. The summed E-state index contributed by atoms with van der Waals surface area (Å²) in [5.74, 6) is -0.489. The molecule has 0 radical (unpaired) electrons. The molecule has 6 heteroatoms. The highest BCUT2D eigenvalue weighted by molar-refractivity contribution is 5.81. The number of para-hydroxylation sites is 2. The molecule has 0 spiro atoms. The molecule has 0 amide bonds. The molecule has 2 rings (SSSR count). The number of hydrogen-bond donors (Lipinski definition) is 0. The lowest BCUT2D eigenvalue weighted by molar-refractivity contribution is -0.145. The van der Waals surface area contributed by atoms with Gasteiger partial charge in [-0.2, -0.15) is 0 Å². The Labute approximate surface area is 103 Å². The number of carbonyl (C=O) groups is 1. The largest absolute Gasteiger partial charge is 0.466 e. The Balaban J connectivity index is 2.03. The zero-order valence-electron chi connectivity index (χ0n) is 9.74.